The van der Waals surface area contributed by atoms with Gasteiger partial charge in [0.1, 0.15) is 0 Å². The first-order chi connectivity index (χ1) is 23.2. The van der Waals surface area contributed by atoms with E-state index >= 15 is 0 Å². The molecular formula is C43H41IN2O. The number of hydrogen-bond acceptors (Lipinski definition) is 1. The fourth-order valence-electron chi connectivity index (χ4n) is 6.84. The molecule has 7 rings (SSSR count). The average Bonchev–Trinajstić information content (AvgIpc) is 3.60. The van der Waals surface area contributed by atoms with E-state index in [1.54, 1.807) is 0 Å². The summed E-state index contributed by atoms with van der Waals surface area (Å²) in [5.74, 6) is 0. The van der Waals surface area contributed by atoms with Crippen LogP contribution >= 0.6 is 22.6 Å². The second-order valence-electron chi connectivity index (χ2n) is 12.3. The van der Waals surface area contributed by atoms with Gasteiger partial charge < -0.3 is 13.9 Å². The topological polar surface area (TPSA) is 19.1 Å². The maximum Gasteiger partial charge on any atom is 0.0541 e. The van der Waals surface area contributed by atoms with Crippen molar-refractivity contribution in [1.29, 1.82) is 0 Å². The van der Waals surface area contributed by atoms with Crippen LogP contribution in [-0.2, 0) is 11.2 Å². The van der Waals surface area contributed by atoms with Crippen molar-refractivity contribution in [2.45, 2.75) is 39.5 Å². The summed E-state index contributed by atoms with van der Waals surface area (Å²) < 4.78 is 11.6. The number of aryl methyl sites for hydroxylation is 2. The van der Waals surface area contributed by atoms with Crippen molar-refractivity contribution in [3.05, 3.63) is 138 Å². The summed E-state index contributed by atoms with van der Waals surface area (Å²) in [5.41, 5.74) is 12.4. The number of allylic oxidation sites excluding steroid dienone is 1. The molecular weight excluding hydrogens is 687 g/mol. The lowest BCUT2D eigenvalue weighted by Crippen LogP contribution is -1.99. The van der Waals surface area contributed by atoms with Gasteiger partial charge in [-0.15, -0.1) is 0 Å². The van der Waals surface area contributed by atoms with E-state index in [0.29, 0.717) is 0 Å². The molecule has 0 aliphatic heterocycles. The fraction of sp³-hybridized carbons (Fsp3) is 0.209. The van der Waals surface area contributed by atoms with Gasteiger partial charge in [-0.3, -0.25) is 0 Å². The smallest absolute Gasteiger partial charge is 0.0541 e. The molecule has 5 aromatic carbocycles. The molecule has 0 aliphatic rings. The van der Waals surface area contributed by atoms with Crippen LogP contribution in [0.15, 0.2) is 121 Å². The molecule has 236 valence electrons. The Labute approximate surface area is 291 Å². The number of para-hydroxylation sites is 2. The zero-order valence-corrected chi connectivity index (χ0v) is 29.4. The Morgan fingerprint density at radius 2 is 1.21 bits per heavy atom. The van der Waals surface area contributed by atoms with Gasteiger partial charge in [0, 0.05) is 50.9 Å². The van der Waals surface area contributed by atoms with Gasteiger partial charge in [0.25, 0.3) is 0 Å². The Hall–Kier alpha value is -4.13. The molecule has 0 saturated heterocycles. The first kappa shape index (κ1) is 31.5. The number of nitrogens with zero attached hydrogens (tertiary/aromatic N) is 2. The zero-order chi connectivity index (χ0) is 32.2. The van der Waals surface area contributed by atoms with Crippen LogP contribution in [0.25, 0.3) is 61.3 Å². The number of fused-ring (bicyclic) bond motifs is 4. The molecule has 0 fully saturated rings. The molecule has 0 atom stereocenters. The predicted molar refractivity (Wildman–Crippen MR) is 210 cm³/mol. The molecule has 0 aliphatic carbocycles. The summed E-state index contributed by atoms with van der Waals surface area (Å²) in [6.45, 7) is 6.17. The Morgan fingerprint density at radius 1 is 0.638 bits per heavy atom. The lowest BCUT2D eigenvalue weighted by molar-refractivity contribution is 0.129. The first-order valence-electron chi connectivity index (χ1n) is 16.8. The third kappa shape index (κ3) is 6.29. The molecule has 0 unspecified atom stereocenters. The monoisotopic (exact) mass is 728 g/mol. The number of rotatable bonds is 12. The zero-order valence-electron chi connectivity index (χ0n) is 27.3. The van der Waals surface area contributed by atoms with E-state index in [1.807, 2.05) is 0 Å². The largest absolute Gasteiger partial charge is 0.381 e. The number of hydrogen-bond donors (Lipinski definition) is 0. The lowest BCUT2D eigenvalue weighted by atomic mass is 10.0. The van der Waals surface area contributed by atoms with Crippen LogP contribution in [0, 0.1) is 6.92 Å². The van der Waals surface area contributed by atoms with Crippen molar-refractivity contribution in [3.63, 3.8) is 0 Å². The molecule has 0 amide bonds. The van der Waals surface area contributed by atoms with Crippen molar-refractivity contribution in [3.8, 4) is 22.5 Å². The highest BCUT2D eigenvalue weighted by molar-refractivity contribution is 14.1. The quantitative estimate of drug-likeness (QED) is 0.0696. The van der Waals surface area contributed by atoms with Gasteiger partial charge in [-0.05, 0) is 103 Å². The Bertz CT molecular complexity index is 2110. The second kappa shape index (κ2) is 14.3. The number of benzene rings is 5. The molecule has 2 aromatic heterocycles. The minimum Gasteiger partial charge on any atom is -0.381 e. The molecule has 0 saturated carbocycles. The van der Waals surface area contributed by atoms with Gasteiger partial charge in [-0.1, -0.05) is 109 Å². The predicted octanol–water partition coefficient (Wildman–Crippen LogP) is 11.9. The normalized spacial score (nSPS) is 11.9. The summed E-state index contributed by atoms with van der Waals surface area (Å²) in [5, 5.41) is 3.89. The first-order valence-corrected chi connectivity index (χ1v) is 18.3. The van der Waals surface area contributed by atoms with Gasteiger partial charge in [-0.25, -0.2) is 0 Å². The Balaban J connectivity index is 1.17. The summed E-state index contributed by atoms with van der Waals surface area (Å²) in [7, 11) is 0. The molecule has 4 heteroatoms. The van der Waals surface area contributed by atoms with Crippen LogP contribution in [-0.4, -0.2) is 26.8 Å². The highest BCUT2D eigenvalue weighted by atomic mass is 127. The van der Waals surface area contributed by atoms with Crippen LogP contribution < -0.4 is 0 Å². The maximum atomic E-state index is 5.81. The number of halogens is 1. The summed E-state index contributed by atoms with van der Waals surface area (Å²) >= 11 is 2.42. The van der Waals surface area contributed by atoms with Crippen molar-refractivity contribution >= 4 is 61.4 Å². The second-order valence-corrected chi connectivity index (χ2v) is 13.2. The van der Waals surface area contributed by atoms with Crippen molar-refractivity contribution < 1.29 is 4.74 Å². The van der Waals surface area contributed by atoms with E-state index in [1.165, 1.54) is 78.5 Å². The standard InChI is InChI=1S/C43H41IN2O/c1-3-4-28-47-29-10-11-32-17-26-43-39(30-32)31(2)40(16-9-27-44)45(43)35-22-18-33(19-23-35)34-20-24-36(25-21-34)46-41-14-7-5-12-37(41)38-13-6-8-15-42(38)46/h5-9,12-26,30H,3-4,10-11,27-29H2,1-2H3/b16-9-. The Morgan fingerprint density at radius 3 is 1.83 bits per heavy atom. The van der Waals surface area contributed by atoms with E-state index in [9.17, 15) is 0 Å². The van der Waals surface area contributed by atoms with Crippen molar-refractivity contribution in [2.24, 2.45) is 0 Å². The minimum absolute atomic E-state index is 0.830. The average molecular weight is 729 g/mol. The van der Waals surface area contributed by atoms with Crippen LogP contribution in [0.3, 0.4) is 0 Å². The van der Waals surface area contributed by atoms with E-state index in [2.05, 4.69) is 173 Å². The molecule has 3 nitrogen and oxygen atoms in total. The minimum atomic E-state index is 0.830. The molecule has 0 bridgehead atoms. The van der Waals surface area contributed by atoms with Gasteiger partial charge in [0.05, 0.1) is 16.6 Å². The van der Waals surface area contributed by atoms with Crippen molar-refractivity contribution in [1.82, 2.24) is 9.13 Å². The number of unbranched alkanes of at least 4 members (excludes halogenated alkanes) is 1. The maximum absolute atomic E-state index is 5.81. The van der Waals surface area contributed by atoms with E-state index in [4.69, 9.17) is 4.74 Å². The highest BCUT2D eigenvalue weighted by Gasteiger charge is 2.15. The summed E-state index contributed by atoms with van der Waals surface area (Å²) in [6.07, 6.45) is 8.95. The van der Waals surface area contributed by atoms with Gasteiger partial charge in [0.2, 0.25) is 0 Å². The molecule has 2 heterocycles. The molecule has 0 radical (unpaired) electrons. The molecule has 0 N–H and O–H groups in total. The van der Waals surface area contributed by atoms with Gasteiger partial charge >= 0.3 is 0 Å². The SMILES string of the molecule is CCCCOCCCc1ccc2c(c1)c(C)c(/C=C\CI)n2-c1ccc(-c2ccc(-n3c4ccccc4c4ccccc43)cc2)cc1. The summed E-state index contributed by atoms with van der Waals surface area (Å²) in [4.78, 5) is 0. The lowest BCUT2D eigenvalue weighted by Gasteiger charge is -2.12. The third-order valence-corrected chi connectivity index (χ3v) is 9.77. The van der Waals surface area contributed by atoms with Crippen LogP contribution in [0.5, 0.6) is 0 Å². The summed E-state index contributed by atoms with van der Waals surface area (Å²) in [6, 6.07) is 42.3. The van der Waals surface area contributed by atoms with Gasteiger partial charge in [-0.2, -0.15) is 0 Å². The Kier molecular flexibility index (Phi) is 9.59. The van der Waals surface area contributed by atoms with Crippen LogP contribution in [0.2, 0.25) is 0 Å². The number of alkyl halides is 1. The van der Waals surface area contributed by atoms with Gasteiger partial charge in [0.15, 0.2) is 0 Å². The van der Waals surface area contributed by atoms with E-state index < -0.39 is 0 Å². The van der Waals surface area contributed by atoms with Crippen molar-refractivity contribution in [2.75, 3.05) is 17.6 Å². The van der Waals surface area contributed by atoms with Crippen LogP contribution in [0.4, 0.5) is 0 Å². The highest BCUT2D eigenvalue weighted by Crippen LogP contribution is 2.34. The van der Waals surface area contributed by atoms with E-state index in [0.717, 1.165) is 36.9 Å². The number of aromatic nitrogens is 2. The third-order valence-electron chi connectivity index (χ3n) is 9.26. The number of ether oxygens (including phenoxy) is 1. The van der Waals surface area contributed by atoms with Crippen LogP contribution in [0.1, 0.15) is 43.0 Å². The fourth-order valence-corrected chi connectivity index (χ4v) is 7.09. The molecule has 0 spiro atoms. The molecule has 47 heavy (non-hydrogen) atoms. The molecule has 7 aromatic rings. The van der Waals surface area contributed by atoms with E-state index in [-0.39, 0.29) is 0 Å².